The molecule has 1 N–H and O–H groups in total. The van der Waals surface area contributed by atoms with Crippen LogP contribution in [0.15, 0.2) is 47.1 Å². The van der Waals surface area contributed by atoms with E-state index in [0.29, 0.717) is 23.4 Å². The van der Waals surface area contributed by atoms with E-state index >= 15 is 0 Å². The summed E-state index contributed by atoms with van der Waals surface area (Å²) in [4.78, 5) is 28.8. The van der Waals surface area contributed by atoms with Crippen LogP contribution in [0.4, 0.5) is 5.69 Å². The molecule has 0 aliphatic heterocycles. The number of hydrogen-bond donors (Lipinski definition) is 1. The van der Waals surface area contributed by atoms with Crippen LogP contribution in [0.3, 0.4) is 0 Å². The second-order valence-corrected chi connectivity index (χ2v) is 6.34. The number of ketones is 1. The smallest absolute Gasteiger partial charge is 0.274 e. The van der Waals surface area contributed by atoms with Gasteiger partial charge in [-0.2, -0.15) is 0 Å². The van der Waals surface area contributed by atoms with Gasteiger partial charge in [0.1, 0.15) is 11.3 Å². The molecule has 2 aromatic heterocycles. The van der Waals surface area contributed by atoms with E-state index in [4.69, 9.17) is 0 Å². The van der Waals surface area contributed by atoms with E-state index in [9.17, 15) is 9.59 Å². The van der Waals surface area contributed by atoms with Gasteiger partial charge in [-0.25, -0.2) is 4.98 Å². The van der Waals surface area contributed by atoms with Crippen molar-refractivity contribution in [3.8, 4) is 0 Å². The van der Waals surface area contributed by atoms with Crippen molar-refractivity contribution in [1.29, 1.82) is 0 Å². The predicted octanol–water partition coefficient (Wildman–Crippen LogP) is 4.11. The van der Waals surface area contributed by atoms with Crippen molar-refractivity contribution in [2.24, 2.45) is 0 Å². The Morgan fingerprint density at radius 1 is 1.25 bits per heavy atom. The van der Waals surface area contributed by atoms with E-state index in [0.717, 1.165) is 15.8 Å². The number of fused-ring (bicyclic) bond motifs is 1. The molecule has 0 atom stereocenters. The summed E-state index contributed by atoms with van der Waals surface area (Å²) >= 11 is 3.42. The van der Waals surface area contributed by atoms with Crippen LogP contribution in [-0.2, 0) is 6.42 Å². The molecule has 24 heavy (non-hydrogen) atoms. The molecule has 122 valence electrons. The van der Waals surface area contributed by atoms with Crippen LogP contribution in [0.2, 0.25) is 0 Å². The molecule has 3 aromatic rings. The van der Waals surface area contributed by atoms with Crippen LogP contribution >= 0.6 is 15.9 Å². The maximum absolute atomic E-state index is 12.8. The lowest BCUT2D eigenvalue weighted by molar-refractivity contribution is 0.100. The van der Waals surface area contributed by atoms with Gasteiger partial charge < -0.3 is 5.32 Å². The summed E-state index contributed by atoms with van der Waals surface area (Å²) < 4.78 is 2.63. The van der Waals surface area contributed by atoms with Gasteiger partial charge in [0.2, 0.25) is 0 Å². The third-order valence-electron chi connectivity index (χ3n) is 3.73. The summed E-state index contributed by atoms with van der Waals surface area (Å²) in [7, 11) is 0. The van der Waals surface area contributed by atoms with E-state index in [1.54, 1.807) is 28.7 Å². The number of carbonyl (C=O) groups excluding carboxylic acids is 2. The number of rotatable bonds is 4. The number of Topliss-reactive ketones (excluding diaryl/α,β-unsaturated/α-hetero) is 1. The Labute approximate surface area is 147 Å². The van der Waals surface area contributed by atoms with E-state index in [1.165, 1.54) is 6.92 Å². The van der Waals surface area contributed by atoms with Crippen LogP contribution in [0, 0.1) is 0 Å². The van der Waals surface area contributed by atoms with Crippen LogP contribution in [0.1, 0.15) is 40.4 Å². The highest BCUT2D eigenvalue weighted by Crippen LogP contribution is 2.19. The average Bonchev–Trinajstić information content (AvgIpc) is 2.92. The number of imidazole rings is 1. The third kappa shape index (κ3) is 3.10. The largest absolute Gasteiger partial charge is 0.321 e. The third-order valence-corrected chi connectivity index (χ3v) is 4.20. The van der Waals surface area contributed by atoms with Gasteiger partial charge >= 0.3 is 0 Å². The van der Waals surface area contributed by atoms with Crippen molar-refractivity contribution < 1.29 is 9.59 Å². The molecule has 0 saturated heterocycles. The molecule has 0 unspecified atom stereocenters. The number of pyridine rings is 1. The predicted molar refractivity (Wildman–Crippen MR) is 96.7 cm³/mol. The molecule has 5 nitrogen and oxygen atoms in total. The number of anilines is 1. The van der Waals surface area contributed by atoms with Gasteiger partial charge in [0.25, 0.3) is 5.91 Å². The van der Waals surface area contributed by atoms with Gasteiger partial charge in [-0.1, -0.05) is 19.1 Å². The van der Waals surface area contributed by atoms with Gasteiger partial charge in [0.15, 0.2) is 5.78 Å². The molecular formula is C18H16BrN3O2. The monoisotopic (exact) mass is 385 g/mol. The van der Waals surface area contributed by atoms with Gasteiger partial charge in [0, 0.05) is 21.9 Å². The number of hydrogen-bond acceptors (Lipinski definition) is 3. The average molecular weight is 386 g/mol. The van der Waals surface area contributed by atoms with E-state index in [2.05, 4.69) is 26.2 Å². The van der Waals surface area contributed by atoms with Gasteiger partial charge in [-0.3, -0.25) is 14.0 Å². The first kappa shape index (κ1) is 16.4. The second-order valence-electron chi connectivity index (χ2n) is 5.43. The summed E-state index contributed by atoms with van der Waals surface area (Å²) in [5.41, 5.74) is 3.09. The second kappa shape index (κ2) is 6.57. The summed E-state index contributed by atoms with van der Waals surface area (Å²) in [6.45, 7) is 3.46. The number of aryl methyl sites for hydroxylation is 1. The Balaban J connectivity index is 2.01. The minimum Gasteiger partial charge on any atom is -0.321 e. The fourth-order valence-corrected chi connectivity index (χ4v) is 2.90. The Morgan fingerprint density at radius 2 is 2.04 bits per heavy atom. The van der Waals surface area contributed by atoms with Crippen molar-refractivity contribution in [1.82, 2.24) is 9.38 Å². The number of amides is 1. The maximum atomic E-state index is 12.8. The molecule has 0 aliphatic carbocycles. The molecule has 0 saturated carbocycles. The molecule has 3 rings (SSSR count). The molecule has 0 spiro atoms. The Bertz CT molecular complexity index is 947. The first-order valence-electron chi connectivity index (χ1n) is 7.58. The van der Waals surface area contributed by atoms with Gasteiger partial charge in [-0.15, -0.1) is 0 Å². The molecular weight excluding hydrogens is 370 g/mol. The highest BCUT2D eigenvalue weighted by atomic mass is 79.9. The molecule has 1 aromatic carbocycles. The van der Waals surface area contributed by atoms with Crippen molar-refractivity contribution >= 4 is 39.0 Å². The van der Waals surface area contributed by atoms with Crippen molar-refractivity contribution in [3.05, 3.63) is 64.0 Å². The number of aromatic nitrogens is 2. The fraction of sp³-hybridized carbons (Fsp3) is 0.167. The van der Waals surface area contributed by atoms with E-state index in [1.807, 2.05) is 25.3 Å². The number of nitrogens with one attached hydrogen (secondary N) is 1. The number of nitrogens with zero attached hydrogens (tertiary/aromatic N) is 2. The van der Waals surface area contributed by atoms with Crippen LogP contribution < -0.4 is 5.32 Å². The number of halogens is 1. The molecule has 0 bridgehead atoms. The topological polar surface area (TPSA) is 63.5 Å². The van der Waals surface area contributed by atoms with Crippen molar-refractivity contribution in [3.63, 3.8) is 0 Å². The lowest BCUT2D eigenvalue weighted by atomic mass is 10.1. The normalized spacial score (nSPS) is 10.8. The molecule has 1 amide bonds. The Kier molecular flexibility index (Phi) is 4.49. The molecule has 0 fully saturated rings. The Hall–Kier alpha value is -2.47. The highest BCUT2D eigenvalue weighted by molar-refractivity contribution is 9.10. The highest BCUT2D eigenvalue weighted by Gasteiger charge is 2.18. The zero-order chi connectivity index (χ0) is 17.3. The summed E-state index contributed by atoms with van der Waals surface area (Å²) in [5, 5.41) is 2.86. The zero-order valence-corrected chi connectivity index (χ0v) is 14.9. The Morgan fingerprint density at radius 3 is 2.75 bits per heavy atom. The van der Waals surface area contributed by atoms with Crippen LogP contribution in [0.25, 0.3) is 5.65 Å². The van der Waals surface area contributed by atoms with Gasteiger partial charge in [0.05, 0.1) is 5.69 Å². The lowest BCUT2D eigenvalue weighted by Crippen LogP contribution is -2.16. The summed E-state index contributed by atoms with van der Waals surface area (Å²) in [5.74, 6) is -0.294. The summed E-state index contributed by atoms with van der Waals surface area (Å²) in [6, 6.07) is 10.6. The van der Waals surface area contributed by atoms with Crippen molar-refractivity contribution in [2.75, 3.05) is 5.32 Å². The molecule has 0 aliphatic rings. The fourth-order valence-electron chi connectivity index (χ4n) is 2.56. The van der Waals surface area contributed by atoms with E-state index < -0.39 is 0 Å². The zero-order valence-electron chi connectivity index (χ0n) is 13.3. The first-order valence-corrected chi connectivity index (χ1v) is 8.37. The van der Waals surface area contributed by atoms with Gasteiger partial charge in [-0.05, 0) is 53.5 Å². The minimum atomic E-state index is -0.252. The van der Waals surface area contributed by atoms with Crippen LogP contribution in [-0.4, -0.2) is 21.1 Å². The van der Waals surface area contributed by atoms with Crippen molar-refractivity contribution in [2.45, 2.75) is 20.3 Å². The quantitative estimate of drug-likeness (QED) is 0.687. The SMILES string of the molecule is CCc1nc2ccc(Br)cn2c1C(=O)Nc1cccc(C(C)=O)c1. The van der Waals surface area contributed by atoms with E-state index in [-0.39, 0.29) is 11.7 Å². The maximum Gasteiger partial charge on any atom is 0.274 e. The lowest BCUT2D eigenvalue weighted by Gasteiger charge is -2.08. The standard InChI is InChI=1S/C18H16BrN3O2/c1-3-15-17(22-10-13(19)7-8-16(22)21-15)18(24)20-14-6-4-5-12(9-14)11(2)23/h4-10H,3H2,1-2H3,(H,20,24). The summed E-state index contributed by atoms with van der Waals surface area (Å²) in [6.07, 6.45) is 2.47. The minimum absolute atomic E-state index is 0.0425. The molecule has 6 heteroatoms. The first-order chi connectivity index (χ1) is 11.5. The number of carbonyl (C=O) groups is 2. The number of benzene rings is 1. The molecule has 2 heterocycles. The molecule has 0 radical (unpaired) electrons. The van der Waals surface area contributed by atoms with Crippen LogP contribution in [0.5, 0.6) is 0 Å².